The van der Waals surface area contributed by atoms with Crippen LogP contribution in [-0.4, -0.2) is 11.8 Å². The van der Waals surface area contributed by atoms with Crippen LogP contribution in [0.15, 0.2) is 48.5 Å². The molecule has 5 heteroatoms. The fourth-order valence-electron chi connectivity index (χ4n) is 2.47. The Morgan fingerprint density at radius 2 is 2.00 bits per heavy atom. The molecule has 0 radical (unpaired) electrons. The Bertz CT molecular complexity index is 712. The van der Waals surface area contributed by atoms with Gasteiger partial charge in [0.05, 0.1) is 0 Å². The van der Waals surface area contributed by atoms with Gasteiger partial charge in [0, 0.05) is 23.4 Å². The average molecular weight is 281 g/mol. The molecule has 1 aliphatic heterocycles. The third-order valence-electron chi connectivity index (χ3n) is 3.51. The molecule has 5 nitrogen and oxygen atoms in total. The summed E-state index contributed by atoms with van der Waals surface area (Å²) in [5, 5.41) is 6.04. The molecule has 1 heterocycles. The van der Waals surface area contributed by atoms with Crippen molar-refractivity contribution in [2.75, 3.05) is 5.32 Å². The molecular formula is C16H15N3O2. The van der Waals surface area contributed by atoms with Crippen LogP contribution in [0, 0.1) is 0 Å². The van der Waals surface area contributed by atoms with E-state index in [1.165, 1.54) is 0 Å². The molecule has 1 aliphatic rings. The van der Waals surface area contributed by atoms with E-state index in [-0.39, 0.29) is 11.9 Å². The van der Waals surface area contributed by atoms with E-state index in [1.54, 1.807) is 18.2 Å². The Balaban J connectivity index is 1.75. The predicted octanol–water partition coefficient (Wildman–Crippen LogP) is 1.57. The molecule has 2 aromatic carbocycles. The molecule has 3 rings (SSSR count). The predicted molar refractivity (Wildman–Crippen MR) is 79.6 cm³/mol. The van der Waals surface area contributed by atoms with E-state index in [1.807, 2.05) is 30.3 Å². The molecule has 0 aromatic heterocycles. The molecule has 0 fully saturated rings. The normalized spacial score (nSPS) is 16.4. The SMILES string of the molecule is NC(=O)c1cccc(CNC2C(=O)Nc3ccccc32)c1. The van der Waals surface area contributed by atoms with E-state index in [2.05, 4.69) is 10.6 Å². The van der Waals surface area contributed by atoms with Gasteiger partial charge in [0.2, 0.25) is 11.8 Å². The maximum atomic E-state index is 12.0. The summed E-state index contributed by atoms with van der Waals surface area (Å²) >= 11 is 0. The number of amides is 2. The number of nitrogens with two attached hydrogens (primary N) is 1. The zero-order chi connectivity index (χ0) is 14.8. The van der Waals surface area contributed by atoms with Gasteiger partial charge in [0.15, 0.2) is 0 Å². The molecule has 0 aliphatic carbocycles. The van der Waals surface area contributed by atoms with Crippen LogP contribution in [0.5, 0.6) is 0 Å². The monoisotopic (exact) mass is 281 g/mol. The summed E-state index contributed by atoms with van der Waals surface area (Å²) < 4.78 is 0. The largest absolute Gasteiger partial charge is 0.366 e. The van der Waals surface area contributed by atoms with Gasteiger partial charge in [-0.15, -0.1) is 0 Å². The van der Waals surface area contributed by atoms with E-state index in [9.17, 15) is 9.59 Å². The van der Waals surface area contributed by atoms with Gasteiger partial charge >= 0.3 is 0 Å². The Morgan fingerprint density at radius 3 is 2.81 bits per heavy atom. The molecule has 0 saturated carbocycles. The zero-order valence-electron chi connectivity index (χ0n) is 11.3. The number of hydrogen-bond acceptors (Lipinski definition) is 3. The van der Waals surface area contributed by atoms with Crippen LogP contribution in [0.4, 0.5) is 5.69 Å². The van der Waals surface area contributed by atoms with Gasteiger partial charge in [-0.25, -0.2) is 0 Å². The highest BCUT2D eigenvalue weighted by atomic mass is 16.2. The highest BCUT2D eigenvalue weighted by molar-refractivity contribution is 6.02. The van der Waals surface area contributed by atoms with Crippen LogP contribution in [0.25, 0.3) is 0 Å². The van der Waals surface area contributed by atoms with Gasteiger partial charge in [-0.1, -0.05) is 30.3 Å². The number of hydrogen-bond donors (Lipinski definition) is 3. The number of carbonyl (C=O) groups is 2. The third kappa shape index (κ3) is 2.64. The van der Waals surface area contributed by atoms with Crippen LogP contribution >= 0.6 is 0 Å². The van der Waals surface area contributed by atoms with Crippen LogP contribution in [0.1, 0.15) is 27.5 Å². The van der Waals surface area contributed by atoms with E-state index >= 15 is 0 Å². The molecular weight excluding hydrogens is 266 g/mol. The molecule has 0 spiro atoms. The fourth-order valence-corrected chi connectivity index (χ4v) is 2.47. The first-order chi connectivity index (χ1) is 10.1. The Labute approximate surface area is 122 Å². The second kappa shape index (κ2) is 5.38. The van der Waals surface area contributed by atoms with Crippen LogP contribution < -0.4 is 16.4 Å². The Kier molecular flexibility index (Phi) is 3.41. The summed E-state index contributed by atoms with van der Waals surface area (Å²) in [6.45, 7) is 0.480. The van der Waals surface area contributed by atoms with Crippen LogP contribution in [-0.2, 0) is 11.3 Å². The first kappa shape index (κ1) is 13.3. The summed E-state index contributed by atoms with van der Waals surface area (Å²) in [6.07, 6.45) is 0. The van der Waals surface area contributed by atoms with E-state index in [0.717, 1.165) is 16.8 Å². The summed E-state index contributed by atoms with van der Waals surface area (Å²) in [5.74, 6) is -0.525. The standard InChI is InChI=1S/C16H15N3O2/c17-15(20)11-5-3-4-10(8-11)9-18-14-12-6-1-2-7-13(12)19-16(14)21/h1-8,14,18H,9H2,(H2,17,20)(H,19,21). The molecule has 1 atom stereocenters. The van der Waals surface area contributed by atoms with Gasteiger partial charge in [0.25, 0.3) is 0 Å². The lowest BCUT2D eigenvalue weighted by Crippen LogP contribution is -2.27. The number of fused-ring (bicyclic) bond motifs is 1. The topological polar surface area (TPSA) is 84.2 Å². The van der Waals surface area contributed by atoms with Crippen molar-refractivity contribution in [2.24, 2.45) is 5.73 Å². The molecule has 4 N–H and O–H groups in total. The van der Waals surface area contributed by atoms with Crippen molar-refractivity contribution < 1.29 is 9.59 Å². The van der Waals surface area contributed by atoms with Gasteiger partial charge in [-0.2, -0.15) is 0 Å². The van der Waals surface area contributed by atoms with Crippen molar-refractivity contribution in [1.82, 2.24) is 5.32 Å². The molecule has 0 bridgehead atoms. The lowest BCUT2D eigenvalue weighted by Gasteiger charge is -2.11. The third-order valence-corrected chi connectivity index (χ3v) is 3.51. The number of carbonyl (C=O) groups excluding carboxylic acids is 2. The molecule has 2 aromatic rings. The van der Waals surface area contributed by atoms with Crippen molar-refractivity contribution >= 4 is 17.5 Å². The quantitative estimate of drug-likeness (QED) is 0.795. The van der Waals surface area contributed by atoms with Crippen molar-refractivity contribution in [3.63, 3.8) is 0 Å². The van der Waals surface area contributed by atoms with Crippen molar-refractivity contribution in [3.05, 3.63) is 65.2 Å². The van der Waals surface area contributed by atoms with Gasteiger partial charge in [-0.05, 0) is 23.8 Å². The molecule has 2 amide bonds. The van der Waals surface area contributed by atoms with Crippen LogP contribution in [0.3, 0.4) is 0 Å². The number of para-hydroxylation sites is 1. The van der Waals surface area contributed by atoms with Gasteiger partial charge in [-0.3, -0.25) is 14.9 Å². The number of anilines is 1. The number of primary amides is 1. The average Bonchev–Trinajstić information content (AvgIpc) is 2.81. The summed E-state index contributed by atoms with van der Waals surface area (Å²) in [5.41, 5.74) is 8.41. The Hall–Kier alpha value is -2.66. The second-order valence-electron chi connectivity index (χ2n) is 4.96. The fraction of sp³-hybridized carbons (Fsp3) is 0.125. The van der Waals surface area contributed by atoms with Gasteiger partial charge < -0.3 is 11.1 Å². The molecule has 106 valence electrons. The lowest BCUT2D eigenvalue weighted by atomic mass is 10.1. The molecule has 1 unspecified atom stereocenters. The lowest BCUT2D eigenvalue weighted by molar-refractivity contribution is -0.117. The maximum absolute atomic E-state index is 12.0. The number of rotatable bonds is 4. The molecule has 0 saturated heterocycles. The summed E-state index contributed by atoms with van der Waals surface area (Å²) in [4.78, 5) is 23.1. The Morgan fingerprint density at radius 1 is 1.19 bits per heavy atom. The van der Waals surface area contributed by atoms with E-state index in [0.29, 0.717) is 12.1 Å². The van der Waals surface area contributed by atoms with Crippen molar-refractivity contribution in [3.8, 4) is 0 Å². The summed E-state index contributed by atoms with van der Waals surface area (Å²) in [7, 11) is 0. The minimum absolute atomic E-state index is 0.0674. The van der Waals surface area contributed by atoms with Crippen molar-refractivity contribution in [1.29, 1.82) is 0 Å². The second-order valence-corrected chi connectivity index (χ2v) is 4.96. The minimum Gasteiger partial charge on any atom is -0.366 e. The maximum Gasteiger partial charge on any atom is 0.248 e. The smallest absolute Gasteiger partial charge is 0.248 e. The number of nitrogens with one attached hydrogen (secondary N) is 2. The van der Waals surface area contributed by atoms with Gasteiger partial charge in [0.1, 0.15) is 6.04 Å². The van der Waals surface area contributed by atoms with Crippen LogP contribution in [0.2, 0.25) is 0 Å². The first-order valence-electron chi connectivity index (χ1n) is 6.67. The number of benzene rings is 2. The first-order valence-corrected chi connectivity index (χ1v) is 6.67. The minimum atomic E-state index is -0.458. The van der Waals surface area contributed by atoms with E-state index < -0.39 is 5.91 Å². The molecule has 21 heavy (non-hydrogen) atoms. The highest BCUT2D eigenvalue weighted by Crippen LogP contribution is 2.30. The highest BCUT2D eigenvalue weighted by Gasteiger charge is 2.29. The van der Waals surface area contributed by atoms with Crippen molar-refractivity contribution in [2.45, 2.75) is 12.6 Å². The van der Waals surface area contributed by atoms with E-state index in [4.69, 9.17) is 5.73 Å². The summed E-state index contributed by atoms with van der Waals surface area (Å²) in [6, 6.07) is 14.3. The zero-order valence-corrected chi connectivity index (χ0v) is 11.3.